The molecule has 0 heterocycles. The normalized spacial score (nSPS) is 32.1. The summed E-state index contributed by atoms with van der Waals surface area (Å²) in [5, 5.41) is 0. The molecule has 0 saturated heterocycles. The Labute approximate surface area is 96.2 Å². The van der Waals surface area contributed by atoms with Gasteiger partial charge in [0.2, 0.25) is 0 Å². The fraction of sp³-hybridized carbons (Fsp3) is 0.400. The Hall–Kier alpha value is -1.37. The number of hydrogen-bond acceptors (Lipinski definition) is 1. The lowest BCUT2D eigenvalue weighted by Gasteiger charge is -2.37. The highest BCUT2D eigenvalue weighted by Gasteiger charge is 2.36. The number of benzene rings is 1. The maximum atomic E-state index is 11.6. The fourth-order valence-corrected chi connectivity index (χ4v) is 3.30. The van der Waals surface area contributed by atoms with Crippen LogP contribution in [-0.4, -0.2) is 5.78 Å². The number of carbonyl (C=O) groups excluding carboxylic acids is 1. The summed E-state index contributed by atoms with van der Waals surface area (Å²) in [7, 11) is 0. The van der Waals surface area contributed by atoms with E-state index in [4.69, 9.17) is 0 Å². The van der Waals surface area contributed by atoms with Crippen LogP contribution in [0.25, 0.3) is 6.08 Å². The first kappa shape index (κ1) is 9.83. The SMILES string of the molecule is C[C@H]1CC(=O)C[C@@H]2C=Cc3ccccc3[C@H]12. The minimum atomic E-state index is 0.429. The van der Waals surface area contributed by atoms with Crippen molar-refractivity contribution < 1.29 is 4.79 Å². The first-order valence-corrected chi connectivity index (χ1v) is 6.04. The molecule has 0 unspecified atom stereocenters. The molecule has 2 aliphatic carbocycles. The fourth-order valence-electron chi connectivity index (χ4n) is 3.30. The lowest BCUT2D eigenvalue weighted by Crippen LogP contribution is -2.30. The molecule has 1 aromatic carbocycles. The second-order valence-corrected chi connectivity index (χ2v) is 5.10. The smallest absolute Gasteiger partial charge is 0.133 e. The van der Waals surface area contributed by atoms with Crippen LogP contribution in [0.1, 0.15) is 36.8 Å². The lowest BCUT2D eigenvalue weighted by atomic mass is 9.66. The summed E-state index contributed by atoms with van der Waals surface area (Å²) in [6.45, 7) is 2.21. The lowest BCUT2D eigenvalue weighted by molar-refractivity contribution is -0.122. The van der Waals surface area contributed by atoms with E-state index in [-0.39, 0.29) is 0 Å². The zero-order valence-electron chi connectivity index (χ0n) is 9.52. The Kier molecular flexibility index (Phi) is 2.20. The van der Waals surface area contributed by atoms with Crippen LogP contribution in [0, 0.1) is 11.8 Å². The highest BCUT2D eigenvalue weighted by Crippen LogP contribution is 2.45. The number of rotatable bonds is 0. The largest absolute Gasteiger partial charge is 0.300 e. The summed E-state index contributed by atoms with van der Waals surface area (Å²) >= 11 is 0. The van der Waals surface area contributed by atoms with Crippen LogP contribution in [-0.2, 0) is 4.79 Å². The first-order valence-electron chi connectivity index (χ1n) is 6.04. The van der Waals surface area contributed by atoms with Crippen LogP contribution in [0.2, 0.25) is 0 Å². The Morgan fingerprint density at radius 3 is 2.88 bits per heavy atom. The van der Waals surface area contributed by atoms with Gasteiger partial charge in [0.15, 0.2) is 0 Å². The van der Waals surface area contributed by atoms with E-state index in [1.807, 2.05) is 0 Å². The molecular weight excluding hydrogens is 196 g/mol. The summed E-state index contributed by atoms with van der Waals surface area (Å²) in [6.07, 6.45) is 5.91. The number of fused-ring (bicyclic) bond motifs is 3. The molecule has 0 N–H and O–H groups in total. The van der Waals surface area contributed by atoms with Crippen LogP contribution in [0.5, 0.6) is 0 Å². The van der Waals surface area contributed by atoms with Gasteiger partial charge >= 0.3 is 0 Å². The molecule has 0 amide bonds. The van der Waals surface area contributed by atoms with Crippen molar-refractivity contribution in [2.24, 2.45) is 11.8 Å². The van der Waals surface area contributed by atoms with Gasteiger partial charge in [0.1, 0.15) is 5.78 Å². The minimum Gasteiger partial charge on any atom is -0.300 e. The standard InChI is InChI=1S/C15H16O/c1-10-8-13(16)9-12-7-6-11-4-2-3-5-14(11)15(10)12/h2-7,10,12,15H,8-9H2,1H3/t10-,12-,15+/m0/s1. The third-order valence-electron chi connectivity index (χ3n) is 3.97. The topological polar surface area (TPSA) is 17.1 Å². The second-order valence-electron chi connectivity index (χ2n) is 5.10. The van der Waals surface area contributed by atoms with Gasteiger partial charge in [-0.15, -0.1) is 0 Å². The van der Waals surface area contributed by atoms with Gasteiger partial charge in [0.25, 0.3) is 0 Å². The Bertz CT molecular complexity index is 458. The molecule has 1 aromatic rings. The molecule has 1 nitrogen and oxygen atoms in total. The van der Waals surface area contributed by atoms with Gasteiger partial charge in [0, 0.05) is 12.8 Å². The number of ketones is 1. The molecule has 0 spiro atoms. The molecular formula is C15H16O. The highest BCUT2D eigenvalue weighted by atomic mass is 16.1. The zero-order chi connectivity index (χ0) is 11.1. The average Bonchev–Trinajstić information content (AvgIpc) is 2.28. The summed E-state index contributed by atoms with van der Waals surface area (Å²) in [6, 6.07) is 8.59. The van der Waals surface area contributed by atoms with E-state index in [0.717, 1.165) is 12.8 Å². The molecule has 1 heteroatoms. The third kappa shape index (κ3) is 1.42. The van der Waals surface area contributed by atoms with E-state index >= 15 is 0 Å². The number of carbonyl (C=O) groups is 1. The highest BCUT2D eigenvalue weighted by molar-refractivity contribution is 5.81. The van der Waals surface area contributed by atoms with Gasteiger partial charge < -0.3 is 0 Å². The molecule has 1 fully saturated rings. The van der Waals surface area contributed by atoms with Crippen LogP contribution in [0.3, 0.4) is 0 Å². The van der Waals surface area contributed by atoms with Crippen molar-refractivity contribution in [2.45, 2.75) is 25.7 Å². The second kappa shape index (κ2) is 3.58. The van der Waals surface area contributed by atoms with E-state index in [9.17, 15) is 4.79 Å². The quantitative estimate of drug-likeness (QED) is 0.644. The third-order valence-corrected chi connectivity index (χ3v) is 3.97. The molecule has 82 valence electrons. The predicted molar refractivity (Wildman–Crippen MR) is 65.1 cm³/mol. The molecule has 1 saturated carbocycles. The van der Waals surface area contributed by atoms with E-state index in [0.29, 0.717) is 23.5 Å². The molecule has 0 aromatic heterocycles. The minimum absolute atomic E-state index is 0.429. The van der Waals surface area contributed by atoms with Crippen LogP contribution >= 0.6 is 0 Å². The van der Waals surface area contributed by atoms with Crippen molar-refractivity contribution in [3.05, 3.63) is 41.5 Å². The van der Waals surface area contributed by atoms with Gasteiger partial charge in [0.05, 0.1) is 0 Å². The Morgan fingerprint density at radius 2 is 2.00 bits per heavy atom. The molecule has 16 heavy (non-hydrogen) atoms. The molecule has 2 aliphatic rings. The first-order chi connectivity index (χ1) is 7.75. The van der Waals surface area contributed by atoms with E-state index < -0.39 is 0 Å². The molecule has 0 radical (unpaired) electrons. The van der Waals surface area contributed by atoms with Crippen molar-refractivity contribution in [2.75, 3.05) is 0 Å². The zero-order valence-corrected chi connectivity index (χ0v) is 9.52. The maximum Gasteiger partial charge on any atom is 0.133 e. The van der Waals surface area contributed by atoms with Crippen molar-refractivity contribution >= 4 is 11.9 Å². The van der Waals surface area contributed by atoms with Crippen LogP contribution in [0.15, 0.2) is 30.3 Å². The van der Waals surface area contributed by atoms with E-state index in [1.165, 1.54) is 11.1 Å². The number of Topliss-reactive ketones (excluding diaryl/α,β-unsaturated/α-hetero) is 1. The molecule has 3 atom stereocenters. The number of allylic oxidation sites excluding steroid dienone is 1. The monoisotopic (exact) mass is 212 g/mol. The van der Waals surface area contributed by atoms with Crippen molar-refractivity contribution in [1.82, 2.24) is 0 Å². The maximum absolute atomic E-state index is 11.6. The summed E-state index contributed by atoms with van der Waals surface area (Å²) < 4.78 is 0. The molecule has 0 bridgehead atoms. The molecule has 0 aliphatic heterocycles. The predicted octanol–water partition coefficient (Wildman–Crippen LogP) is 3.41. The van der Waals surface area contributed by atoms with Gasteiger partial charge in [-0.1, -0.05) is 43.3 Å². The van der Waals surface area contributed by atoms with E-state index in [1.54, 1.807) is 0 Å². The Balaban J connectivity index is 2.06. The molecule has 3 rings (SSSR count). The average molecular weight is 212 g/mol. The van der Waals surface area contributed by atoms with Gasteiger partial charge in [-0.05, 0) is 28.9 Å². The van der Waals surface area contributed by atoms with Crippen molar-refractivity contribution in [3.8, 4) is 0 Å². The van der Waals surface area contributed by atoms with E-state index in [2.05, 4.69) is 43.3 Å². The number of hydrogen-bond donors (Lipinski definition) is 0. The van der Waals surface area contributed by atoms with Crippen LogP contribution in [0.4, 0.5) is 0 Å². The van der Waals surface area contributed by atoms with Gasteiger partial charge in [-0.25, -0.2) is 0 Å². The Morgan fingerprint density at radius 1 is 1.19 bits per heavy atom. The van der Waals surface area contributed by atoms with Gasteiger partial charge in [-0.2, -0.15) is 0 Å². The summed E-state index contributed by atoms with van der Waals surface area (Å²) in [5.74, 6) is 1.90. The van der Waals surface area contributed by atoms with Gasteiger partial charge in [-0.3, -0.25) is 4.79 Å². The van der Waals surface area contributed by atoms with Crippen molar-refractivity contribution in [3.63, 3.8) is 0 Å². The van der Waals surface area contributed by atoms with Crippen molar-refractivity contribution in [1.29, 1.82) is 0 Å². The summed E-state index contributed by atoms with van der Waals surface area (Å²) in [5.41, 5.74) is 2.78. The summed E-state index contributed by atoms with van der Waals surface area (Å²) in [4.78, 5) is 11.6. The van der Waals surface area contributed by atoms with Crippen LogP contribution < -0.4 is 0 Å².